The molecule has 0 aliphatic heterocycles. The molecule has 0 unspecified atom stereocenters. The molecular weight excluding hydrogens is 374 g/mol. The number of hydrogen-bond acceptors (Lipinski definition) is 6. The van der Waals surface area contributed by atoms with Crippen molar-refractivity contribution in [2.24, 2.45) is 0 Å². The number of fused-ring (bicyclic) bond motifs is 1. The van der Waals surface area contributed by atoms with Gasteiger partial charge < -0.3 is 14.8 Å². The van der Waals surface area contributed by atoms with E-state index in [2.05, 4.69) is 31.1 Å². The van der Waals surface area contributed by atoms with Crippen LogP contribution in [0.25, 0.3) is 10.2 Å². The van der Waals surface area contributed by atoms with Crippen molar-refractivity contribution in [3.8, 4) is 11.5 Å². The van der Waals surface area contributed by atoms with E-state index in [1.54, 1.807) is 32.4 Å². The molecule has 0 aliphatic rings. The maximum atomic E-state index is 13.0. The molecule has 7 heteroatoms. The molecule has 0 atom stereocenters. The van der Waals surface area contributed by atoms with Crippen LogP contribution >= 0.6 is 11.3 Å². The molecule has 1 N–H and O–H groups in total. The zero-order valence-electron chi connectivity index (χ0n) is 17.3. The van der Waals surface area contributed by atoms with Gasteiger partial charge in [0.05, 0.1) is 30.5 Å². The minimum absolute atomic E-state index is 0.159. The predicted molar refractivity (Wildman–Crippen MR) is 113 cm³/mol. The molecule has 0 aliphatic carbocycles. The summed E-state index contributed by atoms with van der Waals surface area (Å²) in [7, 11) is 3.15. The zero-order chi connectivity index (χ0) is 20.6. The first-order valence-corrected chi connectivity index (χ1v) is 9.79. The van der Waals surface area contributed by atoms with E-state index in [0.29, 0.717) is 22.1 Å². The van der Waals surface area contributed by atoms with Gasteiger partial charge in [0, 0.05) is 16.9 Å². The fourth-order valence-electron chi connectivity index (χ4n) is 2.98. The number of aromatic nitrogens is 2. The van der Waals surface area contributed by atoms with Gasteiger partial charge in [0.2, 0.25) is 0 Å². The number of methoxy groups -OCH3 is 2. The van der Waals surface area contributed by atoms with Crippen molar-refractivity contribution in [3.05, 3.63) is 40.2 Å². The first-order valence-electron chi connectivity index (χ1n) is 8.97. The fraction of sp³-hybridized carbons (Fsp3) is 0.381. The molecule has 1 amide bonds. The molecule has 3 rings (SSSR count). The third-order valence-corrected chi connectivity index (χ3v) is 5.69. The van der Waals surface area contributed by atoms with Crippen molar-refractivity contribution >= 4 is 33.1 Å². The summed E-state index contributed by atoms with van der Waals surface area (Å²) in [5.41, 5.74) is 2.17. The minimum atomic E-state index is -0.205. The fourth-order valence-corrected chi connectivity index (χ4v) is 4.11. The monoisotopic (exact) mass is 399 g/mol. The van der Waals surface area contributed by atoms with Crippen molar-refractivity contribution in [3.63, 3.8) is 0 Å². The number of thiophene rings is 1. The topological polar surface area (TPSA) is 73.3 Å². The smallest absolute Gasteiger partial charge is 0.266 e. The maximum absolute atomic E-state index is 13.0. The first kappa shape index (κ1) is 20.1. The highest BCUT2D eigenvalue weighted by atomic mass is 32.1. The maximum Gasteiger partial charge on any atom is 0.266 e. The predicted octanol–water partition coefficient (Wildman–Crippen LogP) is 4.88. The van der Waals surface area contributed by atoms with Gasteiger partial charge in [-0.15, -0.1) is 11.3 Å². The summed E-state index contributed by atoms with van der Waals surface area (Å²) in [6.07, 6.45) is 0. The van der Waals surface area contributed by atoms with Gasteiger partial charge in [0.25, 0.3) is 5.91 Å². The number of hydrogen-bond donors (Lipinski definition) is 1. The summed E-state index contributed by atoms with van der Waals surface area (Å²) in [6, 6.07) is 5.28. The number of carbonyl (C=O) groups excluding carboxylic acids is 1. The summed E-state index contributed by atoms with van der Waals surface area (Å²) in [4.78, 5) is 23.9. The van der Waals surface area contributed by atoms with Crippen LogP contribution in [0.3, 0.4) is 0 Å². The minimum Gasteiger partial charge on any atom is -0.497 e. The average molecular weight is 400 g/mol. The van der Waals surface area contributed by atoms with E-state index >= 15 is 0 Å². The normalized spacial score (nSPS) is 11.5. The highest BCUT2D eigenvalue weighted by Crippen LogP contribution is 2.35. The summed E-state index contributed by atoms with van der Waals surface area (Å²) >= 11 is 1.38. The second kappa shape index (κ2) is 7.39. The molecular formula is C21H25N3O3S. The molecule has 28 heavy (non-hydrogen) atoms. The quantitative estimate of drug-likeness (QED) is 0.677. The Morgan fingerprint density at radius 2 is 1.82 bits per heavy atom. The molecule has 0 bridgehead atoms. The molecule has 148 valence electrons. The third-order valence-electron chi connectivity index (χ3n) is 4.50. The first-order chi connectivity index (χ1) is 13.2. The summed E-state index contributed by atoms with van der Waals surface area (Å²) in [5, 5.41) is 3.88. The highest BCUT2D eigenvalue weighted by molar-refractivity contribution is 7.20. The molecule has 3 aromatic rings. The van der Waals surface area contributed by atoms with E-state index in [1.807, 2.05) is 13.8 Å². The van der Waals surface area contributed by atoms with Crippen LogP contribution in [0.5, 0.6) is 11.5 Å². The van der Waals surface area contributed by atoms with Gasteiger partial charge in [0.15, 0.2) is 0 Å². The van der Waals surface area contributed by atoms with E-state index in [4.69, 9.17) is 14.5 Å². The number of aryl methyl sites for hydroxylation is 2. The Morgan fingerprint density at radius 1 is 1.11 bits per heavy atom. The lowest BCUT2D eigenvalue weighted by Gasteiger charge is -2.16. The Morgan fingerprint density at radius 3 is 2.43 bits per heavy atom. The van der Waals surface area contributed by atoms with Crippen LogP contribution in [-0.2, 0) is 5.41 Å². The largest absolute Gasteiger partial charge is 0.497 e. The molecule has 6 nitrogen and oxygen atoms in total. The number of anilines is 1. The molecule has 0 saturated heterocycles. The number of benzene rings is 1. The van der Waals surface area contributed by atoms with Crippen molar-refractivity contribution in [2.75, 3.05) is 19.5 Å². The van der Waals surface area contributed by atoms with Crippen molar-refractivity contribution < 1.29 is 14.3 Å². The molecule has 0 radical (unpaired) electrons. The number of ether oxygens (including phenoxy) is 2. The molecule has 2 heterocycles. The number of rotatable bonds is 4. The van der Waals surface area contributed by atoms with Crippen molar-refractivity contribution in [1.29, 1.82) is 0 Å². The van der Waals surface area contributed by atoms with Crippen LogP contribution in [-0.4, -0.2) is 30.1 Å². The Hall–Kier alpha value is -2.67. The van der Waals surface area contributed by atoms with Gasteiger partial charge in [-0.1, -0.05) is 20.8 Å². The third kappa shape index (κ3) is 3.67. The Kier molecular flexibility index (Phi) is 5.30. The van der Waals surface area contributed by atoms with Gasteiger partial charge in [-0.2, -0.15) is 0 Å². The Bertz CT molecular complexity index is 1050. The summed E-state index contributed by atoms with van der Waals surface area (Å²) in [6.45, 7) is 10.1. The van der Waals surface area contributed by atoms with Crippen molar-refractivity contribution in [1.82, 2.24) is 9.97 Å². The van der Waals surface area contributed by atoms with E-state index in [-0.39, 0.29) is 11.3 Å². The standard InChI is InChI=1S/C21H25N3O3S/c1-11-16-12(2)22-20(21(3,4)5)24-19(16)28-17(11)18(25)23-14-10-13(26-6)8-9-15(14)27-7/h8-10H,1-7H3,(H,23,25). The van der Waals surface area contributed by atoms with Crippen LogP contribution in [0.2, 0.25) is 0 Å². The molecule has 1 aromatic carbocycles. The van der Waals surface area contributed by atoms with Crippen molar-refractivity contribution in [2.45, 2.75) is 40.0 Å². The number of nitrogens with zero attached hydrogens (tertiary/aromatic N) is 2. The van der Waals surface area contributed by atoms with Crippen LogP contribution in [0.1, 0.15) is 47.5 Å². The molecule has 2 aromatic heterocycles. The van der Waals surface area contributed by atoms with Crippen LogP contribution in [0, 0.1) is 13.8 Å². The number of nitrogens with one attached hydrogen (secondary N) is 1. The van der Waals surface area contributed by atoms with E-state index in [9.17, 15) is 4.79 Å². The highest BCUT2D eigenvalue weighted by Gasteiger charge is 2.24. The number of amides is 1. The van der Waals surface area contributed by atoms with E-state index < -0.39 is 0 Å². The Labute approximate surface area is 168 Å². The van der Waals surface area contributed by atoms with Gasteiger partial charge in [-0.05, 0) is 31.5 Å². The zero-order valence-corrected chi connectivity index (χ0v) is 18.1. The van der Waals surface area contributed by atoms with E-state index in [0.717, 1.165) is 27.3 Å². The van der Waals surface area contributed by atoms with Gasteiger partial charge in [-0.3, -0.25) is 4.79 Å². The van der Waals surface area contributed by atoms with Gasteiger partial charge >= 0.3 is 0 Å². The molecule has 0 saturated carbocycles. The SMILES string of the molecule is COc1ccc(OC)c(NC(=O)c2sc3nc(C(C)(C)C)nc(C)c3c2C)c1. The Balaban J connectivity index is 2.03. The summed E-state index contributed by atoms with van der Waals surface area (Å²) in [5.74, 6) is 1.78. The lowest BCUT2D eigenvalue weighted by molar-refractivity contribution is 0.102. The second-order valence-corrected chi connectivity index (χ2v) is 8.64. The van der Waals surface area contributed by atoms with E-state index in [1.165, 1.54) is 11.3 Å². The number of carbonyl (C=O) groups is 1. The average Bonchev–Trinajstić information content (AvgIpc) is 2.98. The lowest BCUT2D eigenvalue weighted by atomic mass is 9.95. The summed E-state index contributed by atoms with van der Waals surface area (Å²) < 4.78 is 10.6. The van der Waals surface area contributed by atoms with Crippen LogP contribution in [0.4, 0.5) is 5.69 Å². The second-order valence-electron chi connectivity index (χ2n) is 7.64. The van der Waals surface area contributed by atoms with Crippen LogP contribution in [0.15, 0.2) is 18.2 Å². The lowest BCUT2D eigenvalue weighted by Crippen LogP contribution is -2.16. The molecule has 0 fully saturated rings. The van der Waals surface area contributed by atoms with Gasteiger partial charge in [-0.25, -0.2) is 9.97 Å². The van der Waals surface area contributed by atoms with Crippen LogP contribution < -0.4 is 14.8 Å². The molecule has 0 spiro atoms. The van der Waals surface area contributed by atoms with Gasteiger partial charge in [0.1, 0.15) is 22.2 Å².